The lowest BCUT2D eigenvalue weighted by Gasteiger charge is -2.37. The van der Waals surface area contributed by atoms with Crippen LogP contribution in [0.25, 0.3) is 0 Å². The van der Waals surface area contributed by atoms with E-state index in [4.69, 9.17) is 0 Å². The van der Waals surface area contributed by atoms with Gasteiger partial charge in [0.15, 0.2) is 0 Å². The van der Waals surface area contributed by atoms with E-state index in [1.807, 2.05) is 4.90 Å². The molecule has 28 heavy (non-hydrogen) atoms. The molecule has 4 heteroatoms. The van der Waals surface area contributed by atoms with Crippen molar-refractivity contribution in [1.82, 2.24) is 4.90 Å². The molecule has 0 spiro atoms. The first kappa shape index (κ1) is 20.2. The number of piperazine rings is 1. The minimum atomic E-state index is 0.0531. The molecule has 0 aromatic heterocycles. The minimum absolute atomic E-state index is 0.0531. The fourth-order valence-corrected chi connectivity index (χ4v) is 3.57. The van der Waals surface area contributed by atoms with E-state index in [-0.39, 0.29) is 11.3 Å². The van der Waals surface area contributed by atoms with Crippen LogP contribution in [-0.4, -0.2) is 43.5 Å². The topological polar surface area (TPSA) is 35.6 Å². The SMILES string of the molecule is CC(C)(C)CC(=O)N1CCN(c2ccc(NCCc3ccccc3)cc2)CC1. The third-order valence-electron chi connectivity index (χ3n) is 5.13. The summed E-state index contributed by atoms with van der Waals surface area (Å²) in [6, 6.07) is 19.2. The number of anilines is 2. The van der Waals surface area contributed by atoms with E-state index in [1.165, 1.54) is 11.3 Å². The van der Waals surface area contributed by atoms with Crippen molar-refractivity contribution < 1.29 is 4.79 Å². The largest absolute Gasteiger partial charge is 0.385 e. The molecule has 4 nitrogen and oxygen atoms in total. The molecule has 3 rings (SSSR count). The fraction of sp³-hybridized carbons (Fsp3) is 0.458. The van der Waals surface area contributed by atoms with E-state index >= 15 is 0 Å². The molecule has 0 saturated carbocycles. The first-order valence-electron chi connectivity index (χ1n) is 10.3. The van der Waals surface area contributed by atoms with Crippen LogP contribution in [-0.2, 0) is 11.2 Å². The number of carbonyl (C=O) groups is 1. The molecule has 2 aromatic rings. The van der Waals surface area contributed by atoms with Crippen LogP contribution in [0, 0.1) is 5.41 Å². The zero-order chi connectivity index (χ0) is 20.0. The van der Waals surface area contributed by atoms with Crippen LogP contribution in [0.5, 0.6) is 0 Å². The molecule has 0 aliphatic carbocycles. The number of nitrogens with one attached hydrogen (secondary N) is 1. The summed E-state index contributed by atoms with van der Waals surface area (Å²) >= 11 is 0. The maximum absolute atomic E-state index is 12.4. The summed E-state index contributed by atoms with van der Waals surface area (Å²) in [6.07, 6.45) is 1.64. The van der Waals surface area contributed by atoms with Gasteiger partial charge >= 0.3 is 0 Å². The summed E-state index contributed by atoms with van der Waals surface area (Å²) in [7, 11) is 0. The van der Waals surface area contributed by atoms with Crippen LogP contribution in [0.1, 0.15) is 32.8 Å². The summed E-state index contributed by atoms with van der Waals surface area (Å²) in [4.78, 5) is 16.8. The maximum Gasteiger partial charge on any atom is 0.223 e. The van der Waals surface area contributed by atoms with Gasteiger partial charge in [-0.1, -0.05) is 51.1 Å². The van der Waals surface area contributed by atoms with Crippen LogP contribution >= 0.6 is 0 Å². The highest BCUT2D eigenvalue weighted by Gasteiger charge is 2.24. The molecule has 1 fully saturated rings. The maximum atomic E-state index is 12.4. The number of nitrogens with zero attached hydrogens (tertiary/aromatic N) is 2. The van der Waals surface area contributed by atoms with Gasteiger partial charge in [0.25, 0.3) is 0 Å². The molecular formula is C24H33N3O. The summed E-state index contributed by atoms with van der Waals surface area (Å²) in [6.45, 7) is 10.7. The van der Waals surface area contributed by atoms with Gasteiger partial charge in [0.05, 0.1) is 0 Å². The predicted octanol–water partition coefficient (Wildman–Crippen LogP) is 4.43. The number of hydrogen-bond donors (Lipinski definition) is 1. The average molecular weight is 380 g/mol. The molecule has 1 amide bonds. The molecule has 1 N–H and O–H groups in total. The lowest BCUT2D eigenvalue weighted by molar-refractivity contribution is -0.133. The molecule has 0 unspecified atom stereocenters. The van der Waals surface area contributed by atoms with E-state index in [9.17, 15) is 4.79 Å². The number of rotatable bonds is 6. The number of hydrogen-bond acceptors (Lipinski definition) is 3. The second kappa shape index (κ2) is 9.13. The lowest BCUT2D eigenvalue weighted by atomic mass is 9.91. The van der Waals surface area contributed by atoms with Crippen molar-refractivity contribution in [1.29, 1.82) is 0 Å². The highest BCUT2D eigenvalue weighted by atomic mass is 16.2. The van der Waals surface area contributed by atoms with Gasteiger partial charge in [-0.05, 0) is 41.7 Å². The Kier molecular flexibility index (Phi) is 6.61. The van der Waals surface area contributed by atoms with Crippen molar-refractivity contribution in [2.75, 3.05) is 42.9 Å². The lowest BCUT2D eigenvalue weighted by Crippen LogP contribution is -2.49. The van der Waals surface area contributed by atoms with Gasteiger partial charge in [-0.25, -0.2) is 0 Å². The Labute approximate surface area is 169 Å². The highest BCUT2D eigenvalue weighted by molar-refractivity contribution is 5.77. The Bertz CT molecular complexity index is 742. The molecule has 1 heterocycles. The Hall–Kier alpha value is -2.49. The van der Waals surface area contributed by atoms with Gasteiger partial charge in [-0.2, -0.15) is 0 Å². The van der Waals surface area contributed by atoms with Crippen molar-refractivity contribution in [2.24, 2.45) is 5.41 Å². The fourth-order valence-electron chi connectivity index (χ4n) is 3.57. The van der Waals surface area contributed by atoms with E-state index < -0.39 is 0 Å². The Morgan fingerprint density at radius 2 is 1.57 bits per heavy atom. The summed E-state index contributed by atoms with van der Waals surface area (Å²) < 4.78 is 0. The van der Waals surface area contributed by atoms with Crippen LogP contribution < -0.4 is 10.2 Å². The first-order valence-corrected chi connectivity index (χ1v) is 10.3. The third kappa shape index (κ3) is 6.01. The van der Waals surface area contributed by atoms with Crippen LogP contribution in [0.15, 0.2) is 54.6 Å². The van der Waals surface area contributed by atoms with E-state index in [1.54, 1.807) is 0 Å². The van der Waals surface area contributed by atoms with E-state index in [0.717, 1.165) is 44.8 Å². The summed E-state index contributed by atoms with van der Waals surface area (Å²) in [5.74, 6) is 0.283. The van der Waals surface area contributed by atoms with Crippen LogP contribution in [0.2, 0.25) is 0 Å². The highest BCUT2D eigenvalue weighted by Crippen LogP contribution is 2.23. The van der Waals surface area contributed by atoms with Gasteiger partial charge in [-0.15, -0.1) is 0 Å². The average Bonchev–Trinajstić information content (AvgIpc) is 2.68. The molecule has 2 aromatic carbocycles. The quantitative estimate of drug-likeness (QED) is 0.807. The molecule has 0 bridgehead atoms. The second-order valence-electron chi connectivity index (χ2n) is 8.81. The zero-order valence-electron chi connectivity index (χ0n) is 17.4. The van der Waals surface area contributed by atoms with Crippen LogP contribution in [0.3, 0.4) is 0 Å². The molecule has 1 saturated heterocycles. The van der Waals surface area contributed by atoms with Gasteiger partial charge in [0.2, 0.25) is 5.91 Å². The summed E-state index contributed by atoms with van der Waals surface area (Å²) in [5, 5.41) is 3.50. The standard InChI is InChI=1S/C24H33N3O/c1-24(2,3)19-23(28)27-17-15-26(16-18-27)22-11-9-21(10-12-22)25-14-13-20-7-5-4-6-8-20/h4-12,25H,13-19H2,1-3H3. The monoisotopic (exact) mass is 379 g/mol. The Morgan fingerprint density at radius 3 is 2.18 bits per heavy atom. The predicted molar refractivity (Wildman–Crippen MR) is 118 cm³/mol. The third-order valence-corrected chi connectivity index (χ3v) is 5.13. The first-order chi connectivity index (χ1) is 13.4. The summed E-state index contributed by atoms with van der Waals surface area (Å²) in [5.41, 5.74) is 3.79. The smallest absolute Gasteiger partial charge is 0.223 e. The van der Waals surface area contributed by atoms with Crippen molar-refractivity contribution >= 4 is 17.3 Å². The van der Waals surface area contributed by atoms with Crippen molar-refractivity contribution in [2.45, 2.75) is 33.6 Å². The number of amides is 1. The number of benzene rings is 2. The van der Waals surface area contributed by atoms with Crippen molar-refractivity contribution in [3.63, 3.8) is 0 Å². The minimum Gasteiger partial charge on any atom is -0.385 e. The number of carbonyl (C=O) groups excluding carboxylic acids is 1. The second-order valence-corrected chi connectivity index (χ2v) is 8.81. The van der Waals surface area contributed by atoms with E-state index in [2.05, 4.69) is 85.6 Å². The molecule has 0 radical (unpaired) electrons. The molecule has 1 aliphatic heterocycles. The van der Waals surface area contributed by atoms with Crippen molar-refractivity contribution in [3.05, 3.63) is 60.2 Å². The Balaban J connectivity index is 1.45. The molecule has 1 aliphatic rings. The Morgan fingerprint density at radius 1 is 0.929 bits per heavy atom. The van der Waals surface area contributed by atoms with Gasteiger partial charge in [0.1, 0.15) is 0 Å². The molecular weight excluding hydrogens is 346 g/mol. The van der Waals surface area contributed by atoms with Crippen molar-refractivity contribution in [3.8, 4) is 0 Å². The van der Waals surface area contributed by atoms with Gasteiger partial charge in [-0.3, -0.25) is 4.79 Å². The van der Waals surface area contributed by atoms with Crippen LogP contribution in [0.4, 0.5) is 11.4 Å². The zero-order valence-corrected chi connectivity index (χ0v) is 17.4. The van der Waals surface area contributed by atoms with Gasteiger partial charge < -0.3 is 15.1 Å². The molecule has 0 atom stereocenters. The van der Waals surface area contributed by atoms with E-state index in [0.29, 0.717) is 6.42 Å². The normalized spacial score (nSPS) is 14.8. The molecule has 150 valence electrons. The van der Waals surface area contributed by atoms with Gasteiger partial charge in [0, 0.05) is 50.5 Å².